The number of nitrogens with zero attached hydrogens (tertiary/aromatic N) is 5. The van der Waals surface area contributed by atoms with Gasteiger partial charge in [0.05, 0.1) is 11.9 Å². The smallest absolute Gasteiger partial charge is 0.410 e. The molecule has 0 spiro atoms. The Balaban J connectivity index is 1.52. The van der Waals surface area contributed by atoms with Crippen molar-refractivity contribution in [3.8, 4) is 0 Å². The number of aromatic nitrogens is 3. The first kappa shape index (κ1) is 23.7. The molecule has 1 aliphatic heterocycles. The van der Waals surface area contributed by atoms with E-state index < -0.39 is 5.60 Å². The second-order valence-corrected chi connectivity index (χ2v) is 9.85. The molecule has 0 aromatic carbocycles. The largest absolute Gasteiger partial charge is 0.444 e. The molecule has 10 heteroatoms. The topological polar surface area (TPSA) is 113 Å². The Morgan fingerprint density at radius 1 is 1.12 bits per heavy atom. The molecule has 2 fully saturated rings. The van der Waals surface area contributed by atoms with E-state index in [2.05, 4.69) is 20.6 Å². The molecule has 2 amide bonds. The van der Waals surface area contributed by atoms with Crippen LogP contribution in [0.3, 0.4) is 0 Å². The van der Waals surface area contributed by atoms with E-state index >= 15 is 0 Å². The number of nitrogens with one attached hydrogen (secondary N) is 2. The summed E-state index contributed by atoms with van der Waals surface area (Å²) in [5.74, 6) is 1.20. The molecule has 0 bridgehead atoms. The highest BCUT2D eigenvalue weighted by atomic mass is 16.6. The number of rotatable bonds is 5. The van der Waals surface area contributed by atoms with Gasteiger partial charge in [-0.1, -0.05) is 0 Å². The number of carbonyl (C=O) groups excluding carboxylic acids is 2. The summed E-state index contributed by atoms with van der Waals surface area (Å²) in [4.78, 5) is 42.4. The fourth-order valence-corrected chi connectivity index (χ4v) is 3.89. The number of anilines is 3. The van der Waals surface area contributed by atoms with Crippen LogP contribution in [0.2, 0.25) is 0 Å². The predicted octanol–water partition coefficient (Wildman–Crippen LogP) is 3.30. The highest BCUT2D eigenvalue weighted by Crippen LogP contribution is 2.39. The molecule has 2 aliphatic rings. The van der Waals surface area contributed by atoms with Gasteiger partial charge in [0, 0.05) is 50.5 Å². The Labute approximate surface area is 200 Å². The van der Waals surface area contributed by atoms with E-state index in [1.54, 1.807) is 18.1 Å². The van der Waals surface area contributed by atoms with Gasteiger partial charge in [-0.25, -0.2) is 9.78 Å². The first-order chi connectivity index (χ1) is 16.1. The van der Waals surface area contributed by atoms with Crippen molar-refractivity contribution in [1.82, 2.24) is 25.2 Å². The molecular formula is C24H33N7O3. The van der Waals surface area contributed by atoms with E-state index in [1.807, 2.05) is 44.7 Å². The number of amides is 2. The molecule has 0 radical (unpaired) electrons. The predicted molar refractivity (Wildman–Crippen MR) is 130 cm³/mol. The van der Waals surface area contributed by atoms with Crippen molar-refractivity contribution in [2.45, 2.75) is 58.1 Å². The first-order valence-electron chi connectivity index (χ1n) is 11.7. The Morgan fingerprint density at radius 3 is 2.47 bits per heavy atom. The summed E-state index contributed by atoms with van der Waals surface area (Å²) in [5, 5.41) is 5.87. The number of piperazine rings is 1. The van der Waals surface area contributed by atoms with Gasteiger partial charge >= 0.3 is 6.09 Å². The van der Waals surface area contributed by atoms with Gasteiger partial charge in [-0.05, 0) is 52.7 Å². The van der Waals surface area contributed by atoms with Crippen molar-refractivity contribution in [2.75, 3.05) is 36.9 Å². The zero-order valence-electron chi connectivity index (χ0n) is 20.5. The van der Waals surface area contributed by atoms with Crippen LogP contribution in [0.15, 0.2) is 24.5 Å². The van der Waals surface area contributed by atoms with Gasteiger partial charge in [-0.2, -0.15) is 4.98 Å². The van der Waals surface area contributed by atoms with Gasteiger partial charge in [-0.3, -0.25) is 9.78 Å². The maximum Gasteiger partial charge on any atom is 0.410 e. The third-order valence-corrected chi connectivity index (χ3v) is 5.83. The van der Waals surface area contributed by atoms with Crippen LogP contribution >= 0.6 is 0 Å². The fourth-order valence-electron chi connectivity index (χ4n) is 3.89. The lowest BCUT2D eigenvalue weighted by atomic mass is 10.2. The fraction of sp³-hybridized carbons (Fsp3) is 0.542. The van der Waals surface area contributed by atoms with Crippen molar-refractivity contribution in [3.05, 3.63) is 35.8 Å². The molecule has 2 N–H and O–H groups in total. The van der Waals surface area contributed by atoms with Crippen LogP contribution in [0.5, 0.6) is 0 Å². The molecular weight excluding hydrogens is 434 g/mol. The Morgan fingerprint density at radius 2 is 1.88 bits per heavy atom. The second kappa shape index (κ2) is 9.44. The lowest BCUT2D eigenvalue weighted by Gasteiger charge is -2.40. The molecule has 4 rings (SSSR count). The molecule has 1 aliphatic carbocycles. The molecule has 1 atom stereocenters. The van der Waals surface area contributed by atoms with E-state index in [1.165, 1.54) is 19.0 Å². The number of hydrogen-bond donors (Lipinski definition) is 2. The quantitative estimate of drug-likeness (QED) is 0.689. The second-order valence-electron chi connectivity index (χ2n) is 9.85. The van der Waals surface area contributed by atoms with Gasteiger partial charge in [0.2, 0.25) is 5.95 Å². The molecule has 34 heavy (non-hydrogen) atoms. The third-order valence-electron chi connectivity index (χ3n) is 5.83. The molecule has 3 heterocycles. The average Bonchev–Trinajstić information content (AvgIpc) is 3.63. The monoisotopic (exact) mass is 467 g/mol. The van der Waals surface area contributed by atoms with E-state index in [9.17, 15) is 9.59 Å². The van der Waals surface area contributed by atoms with Gasteiger partial charge in [0.1, 0.15) is 17.0 Å². The van der Waals surface area contributed by atoms with E-state index in [-0.39, 0.29) is 18.0 Å². The Kier molecular flexibility index (Phi) is 6.58. The van der Waals surface area contributed by atoms with Crippen LogP contribution in [-0.2, 0) is 4.74 Å². The number of hydrogen-bond acceptors (Lipinski definition) is 8. The maximum atomic E-state index is 12.5. The summed E-state index contributed by atoms with van der Waals surface area (Å²) >= 11 is 0. The van der Waals surface area contributed by atoms with Gasteiger partial charge in [-0.15, -0.1) is 0 Å². The summed E-state index contributed by atoms with van der Waals surface area (Å²) < 4.78 is 5.51. The van der Waals surface area contributed by atoms with Crippen LogP contribution in [0.4, 0.5) is 22.2 Å². The summed E-state index contributed by atoms with van der Waals surface area (Å²) in [6, 6.07) is 3.94. The van der Waals surface area contributed by atoms with Crippen LogP contribution in [0, 0.1) is 0 Å². The SMILES string of the molecule is CNC(=O)c1cnc(N2CCN(C(=O)OC(C)(C)C)CC2C)nc1Nc1ccc(C2CC2)nc1. The van der Waals surface area contributed by atoms with Crippen molar-refractivity contribution in [3.63, 3.8) is 0 Å². The number of ether oxygens (including phenoxy) is 1. The Hall–Kier alpha value is -3.43. The van der Waals surface area contributed by atoms with E-state index in [4.69, 9.17) is 9.72 Å². The lowest BCUT2D eigenvalue weighted by Crippen LogP contribution is -2.55. The molecule has 182 valence electrons. The molecule has 2 aromatic rings. The van der Waals surface area contributed by atoms with Gasteiger partial charge in [0.15, 0.2) is 0 Å². The van der Waals surface area contributed by atoms with Gasteiger partial charge < -0.3 is 25.2 Å². The zero-order chi connectivity index (χ0) is 24.5. The van der Waals surface area contributed by atoms with E-state index in [0.29, 0.717) is 42.9 Å². The average molecular weight is 468 g/mol. The minimum atomic E-state index is -0.539. The Bertz CT molecular complexity index is 1050. The summed E-state index contributed by atoms with van der Waals surface area (Å²) in [6.07, 6.45) is 5.36. The summed E-state index contributed by atoms with van der Waals surface area (Å²) in [7, 11) is 1.57. The van der Waals surface area contributed by atoms with Crippen molar-refractivity contribution in [2.24, 2.45) is 0 Å². The molecule has 1 unspecified atom stereocenters. The highest BCUT2D eigenvalue weighted by molar-refractivity contribution is 5.99. The minimum absolute atomic E-state index is 0.0283. The van der Waals surface area contributed by atoms with Crippen molar-refractivity contribution >= 4 is 29.5 Å². The molecule has 1 saturated carbocycles. The highest BCUT2D eigenvalue weighted by Gasteiger charge is 2.31. The van der Waals surface area contributed by atoms with Crippen LogP contribution in [0.1, 0.15) is 62.5 Å². The minimum Gasteiger partial charge on any atom is -0.444 e. The summed E-state index contributed by atoms with van der Waals surface area (Å²) in [6.45, 7) is 9.12. The normalized spacial score (nSPS) is 18.4. The van der Waals surface area contributed by atoms with Crippen LogP contribution in [0.25, 0.3) is 0 Å². The molecule has 1 saturated heterocycles. The van der Waals surface area contributed by atoms with Crippen LogP contribution in [-0.4, -0.2) is 70.2 Å². The molecule has 2 aromatic heterocycles. The summed E-state index contributed by atoms with van der Waals surface area (Å²) in [5.41, 5.74) is 1.65. The van der Waals surface area contributed by atoms with Crippen LogP contribution < -0.4 is 15.5 Å². The van der Waals surface area contributed by atoms with Crippen molar-refractivity contribution < 1.29 is 14.3 Å². The van der Waals surface area contributed by atoms with E-state index in [0.717, 1.165) is 11.4 Å². The number of carbonyl (C=O) groups is 2. The van der Waals surface area contributed by atoms with Crippen molar-refractivity contribution in [1.29, 1.82) is 0 Å². The molecule has 10 nitrogen and oxygen atoms in total. The maximum absolute atomic E-state index is 12.5. The standard InChI is InChI=1S/C24H33N7O3/c1-15-14-30(23(33)34-24(2,3)4)10-11-31(15)22-27-13-18(21(32)25-5)20(29-22)28-17-8-9-19(26-12-17)16-6-7-16/h8-9,12-13,15-16H,6-7,10-11,14H2,1-5H3,(H,25,32)(H,27,28,29). The number of pyridine rings is 1. The third kappa shape index (κ3) is 5.55. The zero-order valence-corrected chi connectivity index (χ0v) is 20.5. The lowest BCUT2D eigenvalue weighted by molar-refractivity contribution is 0.0218. The van der Waals surface area contributed by atoms with Gasteiger partial charge in [0.25, 0.3) is 5.91 Å². The first-order valence-corrected chi connectivity index (χ1v) is 11.7.